The third kappa shape index (κ3) is 3.10. The van der Waals surface area contributed by atoms with Crippen LogP contribution in [0.5, 0.6) is 0 Å². The van der Waals surface area contributed by atoms with E-state index < -0.39 is 12.0 Å². The number of nitrogens with zero attached hydrogens (tertiary/aromatic N) is 5. The first-order valence-electron chi connectivity index (χ1n) is 6.39. The Hall–Kier alpha value is -2.64. The molecule has 112 valence electrons. The lowest BCUT2D eigenvalue weighted by molar-refractivity contribution is -0.133. The van der Waals surface area contributed by atoms with E-state index in [0.717, 1.165) is 5.69 Å². The second-order valence-electron chi connectivity index (χ2n) is 4.83. The maximum atomic E-state index is 12.3. The zero-order valence-corrected chi connectivity index (χ0v) is 12.1. The van der Waals surface area contributed by atoms with E-state index >= 15 is 0 Å². The van der Waals surface area contributed by atoms with Crippen LogP contribution in [0.4, 0.5) is 0 Å². The summed E-state index contributed by atoms with van der Waals surface area (Å²) >= 11 is 0. The summed E-state index contributed by atoms with van der Waals surface area (Å²) in [6.07, 6.45) is 4.25. The summed E-state index contributed by atoms with van der Waals surface area (Å²) in [4.78, 5) is 24.7. The lowest BCUT2D eigenvalue weighted by Crippen LogP contribution is -2.33. The Bertz CT molecular complexity index is 660. The van der Waals surface area contributed by atoms with Gasteiger partial charge in [0.2, 0.25) is 5.91 Å². The van der Waals surface area contributed by atoms with Crippen LogP contribution in [0.15, 0.2) is 24.7 Å². The summed E-state index contributed by atoms with van der Waals surface area (Å²) in [7, 11) is 3.50. The number of amides is 1. The van der Waals surface area contributed by atoms with E-state index in [1.165, 1.54) is 17.1 Å². The van der Waals surface area contributed by atoms with Gasteiger partial charge in [0, 0.05) is 26.5 Å². The minimum absolute atomic E-state index is 0.0592. The van der Waals surface area contributed by atoms with Gasteiger partial charge in [-0.1, -0.05) is 0 Å². The molecule has 21 heavy (non-hydrogen) atoms. The van der Waals surface area contributed by atoms with E-state index in [-0.39, 0.29) is 11.5 Å². The van der Waals surface area contributed by atoms with Gasteiger partial charge in [-0.05, 0) is 13.0 Å². The third-order valence-corrected chi connectivity index (χ3v) is 3.30. The number of hydrogen-bond donors (Lipinski definition) is 1. The summed E-state index contributed by atoms with van der Waals surface area (Å²) in [6, 6.07) is 1.27. The molecule has 0 saturated heterocycles. The number of carbonyl (C=O) groups is 2. The maximum absolute atomic E-state index is 12.3. The molecule has 0 aliphatic heterocycles. The van der Waals surface area contributed by atoms with Gasteiger partial charge in [-0.15, -0.1) is 0 Å². The summed E-state index contributed by atoms with van der Waals surface area (Å²) < 4.78 is 3.05. The van der Waals surface area contributed by atoms with Gasteiger partial charge in [0.1, 0.15) is 6.04 Å². The van der Waals surface area contributed by atoms with Crippen LogP contribution in [-0.2, 0) is 18.4 Å². The van der Waals surface area contributed by atoms with Crippen LogP contribution in [0.1, 0.15) is 29.0 Å². The SMILES string of the molecule is CC(C(=O)N(C)Cc1ccnn1C)n1cc(C(=O)O)cn1. The molecule has 0 aliphatic carbocycles. The van der Waals surface area contributed by atoms with E-state index in [1.807, 2.05) is 13.1 Å². The van der Waals surface area contributed by atoms with Gasteiger partial charge in [0.25, 0.3) is 0 Å². The van der Waals surface area contributed by atoms with E-state index in [9.17, 15) is 9.59 Å². The number of carboxylic acid groups (broad SMARTS) is 1. The van der Waals surface area contributed by atoms with Crippen LogP contribution in [0.25, 0.3) is 0 Å². The molecule has 0 spiro atoms. The molecular formula is C13H17N5O3. The van der Waals surface area contributed by atoms with Gasteiger partial charge in [-0.2, -0.15) is 10.2 Å². The first-order valence-corrected chi connectivity index (χ1v) is 6.39. The van der Waals surface area contributed by atoms with Crippen molar-refractivity contribution in [1.82, 2.24) is 24.5 Å². The van der Waals surface area contributed by atoms with Crippen molar-refractivity contribution in [3.63, 3.8) is 0 Å². The second-order valence-corrected chi connectivity index (χ2v) is 4.83. The van der Waals surface area contributed by atoms with Gasteiger partial charge in [-0.3, -0.25) is 14.2 Å². The Morgan fingerprint density at radius 3 is 2.67 bits per heavy atom. The third-order valence-electron chi connectivity index (χ3n) is 3.30. The lowest BCUT2D eigenvalue weighted by atomic mass is 10.2. The molecule has 1 atom stereocenters. The van der Waals surface area contributed by atoms with Crippen LogP contribution >= 0.6 is 0 Å². The number of aromatic nitrogens is 4. The fourth-order valence-electron chi connectivity index (χ4n) is 1.97. The van der Waals surface area contributed by atoms with E-state index in [2.05, 4.69) is 10.2 Å². The van der Waals surface area contributed by atoms with Crippen LogP contribution in [0.3, 0.4) is 0 Å². The van der Waals surface area contributed by atoms with Crippen molar-refractivity contribution in [2.24, 2.45) is 7.05 Å². The highest BCUT2D eigenvalue weighted by Gasteiger charge is 2.21. The molecule has 8 nitrogen and oxygen atoms in total. The molecule has 2 aromatic heterocycles. The maximum Gasteiger partial charge on any atom is 0.338 e. The highest BCUT2D eigenvalue weighted by molar-refractivity contribution is 5.87. The number of aryl methyl sites for hydroxylation is 1. The zero-order chi connectivity index (χ0) is 15.6. The van der Waals surface area contributed by atoms with Crippen molar-refractivity contribution < 1.29 is 14.7 Å². The summed E-state index contributed by atoms with van der Waals surface area (Å²) in [5, 5.41) is 16.8. The molecule has 1 amide bonds. The first-order chi connectivity index (χ1) is 9.90. The second kappa shape index (κ2) is 5.78. The average Bonchev–Trinajstić information content (AvgIpc) is 3.07. The van der Waals surface area contributed by atoms with Gasteiger partial charge in [-0.25, -0.2) is 4.79 Å². The standard InChI is InChI=1S/C13H17N5O3/c1-9(18-7-10(6-15-18)13(20)21)12(19)16(2)8-11-4-5-14-17(11)3/h4-7,9H,8H2,1-3H3,(H,20,21). The molecule has 0 radical (unpaired) electrons. The number of rotatable bonds is 5. The molecule has 8 heteroatoms. The largest absolute Gasteiger partial charge is 0.478 e. The van der Waals surface area contributed by atoms with Crippen LogP contribution in [0.2, 0.25) is 0 Å². The van der Waals surface area contributed by atoms with Crippen molar-refractivity contribution in [2.45, 2.75) is 19.5 Å². The molecule has 2 rings (SSSR count). The predicted octanol–water partition coefficient (Wildman–Crippen LogP) is 0.534. The Labute approximate surface area is 121 Å². The molecule has 0 saturated carbocycles. The fourth-order valence-corrected chi connectivity index (χ4v) is 1.97. The molecule has 0 aliphatic rings. The van der Waals surface area contributed by atoms with Gasteiger partial charge in [0.15, 0.2) is 0 Å². The quantitative estimate of drug-likeness (QED) is 0.867. The average molecular weight is 291 g/mol. The van der Waals surface area contributed by atoms with Crippen LogP contribution in [0, 0.1) is 0 Å². The van der Waals surface area contributed by atoms with E-state index in [4.69, 9.17) is 5.11 Å². The van der Waals surface area contributed by atoms with Gasteiger partial charge >= 0.3 is 5.97 Å². The van der Waals surface area contributed by atoms with Crippen molar-refractivity contribution in [2.75, 3.05) is 7.05 Å². The number of hydrogen-bond acceptors (Lipinski definition) is 4. The number of carboxylic acids is 1. The fraction of sp³-hybridized carbons (Fsp3) is 0.385. The number of aromatic carboxylic acids is 1. The molecule has 2 aromatic rings. The zero-order valence-electron chi connectivity index (χ0n) is 12.1. The van der Waals surface area contributed by atoms with Crippen LogP contribution < -0.4 is 0 Å². The highest BCUT2D eigenvalue weighted by Crippen LogP contribution is 2.12. The Kier molecular flexibility index (Phi) is 4.06. The highest BCUT2D eigenvalue weighted by atomic mass is 16.4. The molecule has 0 aromatic carbocycles. The minimum atomic E-state index is -1.07. The van der Waals surface area contributed by atoms with E-state index in [0.29, 0.717) is 6.54 Å². The molecular weight excluding hydrogens is 274 g/mol. The molecule has 2 heterocycles. The van der Waals surface area contributed by atoms with Gasteiger partial charge < -0.3 is 10.0 Å². The van der Waals surface area contributed by atoms with Crippen LogP contribution in [-0.4, -0.2) is 48.5 Å². The van der Waals surface area contributed by atoms with Crippen molar-refractivity contribution in [1.29, 1.82) is 0 Å². The first kappa shape index (κ1) is 14.8. The smallest absolute Gasteiger partial charge is 0.338 e. The summed E-state index contributed by atoms with van der Waals surface area (Å²) in [5.74, 6) is -1.22. The van der Waals surface area contributed by atoms with Crippen molar-refractivity contribution in [3.8, 4) is 0 Å². The van der Waals surface area contributed by atoms with E-state index in [1.54, 1.807) is 29.7 Å². The van der Waals surface area contributed by atoms with Gasteiger partial charge in [0.05, 0.1) is 24.0 Å². The minimum Gasteiger partial charge on any atom is -0.478 e. The topological polar surface area (TPSA) is 93.2 Å². The predicted molar refractivity (Wildman–Crippen MR) is 73.6 cm³/mol. The molecule has 1 N–H and O–H groups in total. The lowest BCUT2D eigenvalue weighted by Gasteiger charge is -2.21. The molecule has 0 bridgehead atoms. The monoisotopic (exact) mass is 291 g/mol. The Morgan fingerprint density at radius 2 is 2.14 bits per heavy atom. The van der Waals surface area contributed by atoms with Crippen molar-refractivity contribution in [3.05, 3.63) is 35.9 Å². The molecule has 1 unspecified atom stereocenters. The normalized spacial score (nSPS) is 12.1. The summed E-state index contributed by atoms with van der Waals surface area (Å²) in [6.45, 7) is 2.10. The number of carbonyl (C=O) groups excluding carboxylic acids is 1. The van der Waals surface area contributed by atoms with Crippen molar-refractivity contribution >= 4 is 11.9 Å². The Balaban J connectivity index is 2.07. The summed E-state index contributed by atoms with van der Waals surface area (Å²) in [5.41, 5.74) is 0.966. The number of likely N-dealkylation sites (N-methyl/N-ethyl adjacent to an activating group) is 1. The molecule has 0 fully saturated rings. The Morgan fingerprint density at radius 1 is 1.43 bits per heavy atom.